The Morgan fingerprint density at radius 3 is 2.59 bits per heavy atom. The summed E-state index contributed by atoms with van der Waals surface area (Å²) in [5.41, 5.74) is 3.25. The number of hydrogen-bond acceptors (Lipinski definition) is 7. The Balaban J connectivity index is 1.69. The molecule has 4 rings (SSSR count). The number of Topliss-reactive ketones (excluding diaryl/α,β-unsaturated/α-hetero) is 1. The topological polar surface area (TPSA) is 94.4 Å². The summed E-state index contributed by atoms with van der Waals surface area (Å²) in [5, 5.41) is 10.2. The van der Waals surface area contributed by atoms with E-state index in [1.165, 1.54) is 6.07 Å². The van der Waals surface area contributed by atoms with Crippen molar-refractivity contribution in [2.75, 3.05) is 13.7 Å². The number of fused-ring (bicyclic) bond motifs is 1. The van der Waals surface area contributed by atoms with Crippen molar-refractivity contribution in [3.8, 4) is 17.2 Å². The molecule has 2 aromatic carbocycles. The quantitative estimate of drug-likeness (QED) is 0.597. The summed E-state index contributed by atoms with van der Waals surface area (Å²) < 4.78 is 16.4. The Kier molecular flexibility index (Phi) is 7.01. The number of ketones is 1. The van der Waals surface area contributed by atoms with Gasteiger partial charge in [-0.1, -0.05) is 18.2 Å². The van der Waals surface area contributed by atoms with Crippen LogP contribution in [-0.2, 0) is 20.9 Å². The molecule has 1 saturated carbocycles. The van der Waals surface area contributed by atoms with Gasteiger partial charge in [0.15, 0.2) is 11.5 Å². The molecule has 1 unspecified atom stereocenters. The van der Waals surface area contributed by atoms with Crippen molar-refractivity contribution in [2.24, 2.45) is 10.9 Å². The van der Waals surface area contributed by atoms with Crippen LogP contribution >= 0.6 is 0 Å². The normalized spacial score (nSPS) is 19.9. The second kappa shape index (κ2) is 10.1. The number of benzene rings is 2. The van der Waals surface area contributed by atoms with E-state index in [2.05, 4.69) is 4.99 Å². The van der Waals surface area contributed by atoms with E-state index in [9.17, 15) is 14.7 Å². The summed E-state index contributed by atoms with van der Waals surface area (Å²) in [5.74, 6) is -0.482. The Morgan fingerprint density at radius 1 is 1.12 bits per heavy atom. The van der Waals surface area contributed by atoms with Gasteiger partial charge in [0.25, 0.3) is 0 Å². The second-order valence-corrected chi connectivity index (χ2v) is 8.46. The van der Waals surface area contributed by atoms with E-state index in [4.69, 9.17) is 14.2 Å². The van der Waals surface area contributed by atoms with Crippen molar-refractivity contribution in [2.45, 2.75) is 45.6 Å². The third kappa shape index (κ3) is 4.69. The molecule has 0 saturated heterocycles. The van der Waals surface area contributed by atoms with E-state index in [0.717, 1.165) is 29.9 Å². The minimum atomic E-state index is -0.552. The molecule has 0 radical (unpaired) electrons. The average molecular weight is 464 g/mol. The van der Waals surface area contributed by atoms with Crippen LogP contribution in [0.5, 0.6) is 17.2 Å². The molecule has 1 N–H and O–H groups in total. The van der Waals surface area contributed by atoms with E-state index in [1.807, 2.05) is 19.1 Å². The minimum Gasteiger partial charge on any atom is -0.504 e. The van der Waals surface area contributed by atoms with Crippen LogP contribution < -0.4 is 9.47 Å². The van der Waals surface area contributed by atoms with Crippen molar-refractivity contribution < 1.29 is 28.9 Å². The lowest BCUT2D eigenvalue weighted by molar-refractivity contribution is -0.140. The monoisotopic (exact) mass is 463 g/mol. The van der Waals surface area contributed by atoms with Crippen molar-refractivity contribution >= 4 is 17.5 Å². The van der Waals surface area contributed by atoms with Crippen LogP contribution in [0.1, 0.15) is 50.2 Å². The zero-order chi connectivity index (χ0) is 24.2. The molecule has 0 aromatic heterocycles. The molecule has 0 bridgehead atoms. The van der Waals surface area contributed by atoms with Crippen molar-refractivity contribution in [1.82, 2.24) is 0 Å². The van der Waals surface area contributed by atoms with Gasteiger partial charge in [0, 0.05) is 23.7 Å². The van der Waals surface area contributed by atoms with Gasteiger partial charge < -0.3 is 19.3 Å². The first-order chi connectivity index (χ1) is 16.4. The number of ether oxygens (including phenoxy) is 3. The van der Waals surface area contributed by atoms with E-state index in [-0.39, 0.29) is 18.1 Å². The maximum absolute atomic E-state index is 13.4. The lowest BCUT2D eigenvalue weighted by atomic mass is 9.69. The maximum atomic E-state index is 13.4. The van der Waals surface area contributed by atoms with Gasteiger partial charge in [0.2, 0.25) is 0 Å². The fourth-order valence-electron chi connectivity index (χ4n) is 4.69. The number of rotatable bonds is 7. The highest BCUT2D eigenvalue weighted by molar-refractivity contribution is 6.11. The van der Waals surface area contributed by atoms with Crippen LogP contribution in [0.2, 0.25) is 0 Å². The average Bonchev–Trinajstić information content (AvgIpc) is 2.83. The number of hydrogen-bond donors (Lipinski definition) is 1. The third-order valence-corrected chi connectivity index (χ3v) is 6.30. The predicted molar refractivity (Wildman–Crippen MR) is 127 cm³/mol. The van der Waals surface area contributed by atoms with E-state index in [1.54, 1.807) is 38.3 Å². The molecule has 1 fully saturated rings. The van der Waals surface area contributed by atoms with E-state index >= 15 is 0 Å². The van der Waals surface area contributed by atoms with Crippen molar-refractivity contribution in [3.05, 3.63) is 64.9 Å². The van der Waals surface area contributed by atoms with Crippen LogP contribution in [0.4, 0.5) is 0 Å². The first kappa shape index (κ1) is 23.5. The number of carbonyl (C=O) groups is 2. The third-order valence-electron chi connectivity index (χ3n) is 6.30. The Labute approximate surface area is 199 Å². The van der Waals surface area contributed by atoms with Gasteiger partial charge in [-0.15, -0.1) is 0 Å². The number of esters is 1. The van der Waals surface area contributed by atoms with Gasteiger partial charge in [-0.3, -0.25) is 9.79 Å². The van der Waals surface area contributed by atoms with Gasteiger partial charge in [-0.05, 0) is 62.1 Å². The predicted octanol–water partition coefficient (Wildman–Crippen LogP) is 4.72. The highest BCUT2D eigenvalue weighted by atomic mass is 16.5. The number of carbonyl (C=O) groups excluding carboxylic acids is 2. The molecule has 1 aliphatic carbocycles. The minimum absolute atomic E-state index is 0.00889. The van der Waals surface area contributed by atoms with Crippen LogP contribution in [0.15, 0.2) is 58.7 Å². The molecule has 0 spiro atoms. The summed E-state index contributed by atoms with van der Waals surface area (Å²) in [6.07, 6.45) is 1.92. The SMILES string of the molecule is CCOc1cc([C@H]2C(C(=O)OCc3ccc(OC)cc3)=C(C)N=C3CCCC(=O)C32)ccc1O. The molecule has 1 heterocycles. The Morgan fingerprint density at radius 2 is 1.88 bits per heavy atom. The highest BCUT2D eigenvalue weighted by Gasteiger charge is 2.44. The highest BCUT2D eigenvalue weighted by Crippen LogP contribution is 2.44. The van der Waals surface area contributed by atoms with Gasteiger partial charge >= 0.3 is 5.97 Å². The molecule has 1 aliphatic heterocycles. The molecule has 7 nitrogen and oxygen atoms in total. The standard InChI is InChI=1S/C27H29NO6/c1-4-33-23-14-18(10-13-21(23)29)25-24(16(2)28-20-6-5-7-22(30)26(20)25)27(31)34-15-17-8-11-19(32-3)12-9-17/h8-14,25-26,29H,4-7,15H2,1-3H3/t25-,26?/m0/s1. The van der Waals surface area contributed by atoms with Gasteiger partial charge in [-0.2, -0.15) is 0 Å². The summed E-state index contributed by atoms with van der Waals surface area (Å²) in [7, 11) is 1.59. The van der Waals surface area contributed by atoms with E-state index in [0.29, 0.717) is 35.6 Å². The molecule has 178 valence electrons. The number of phenolic OH excluding ortho intramolecular Hbond substituents is 1. The second-order valence-electron chi connectivity index (χ2n) is 8.46. The lowest BCUT2D eigenvalue weighted by Gasteiger charge is -2.35. The summed E-state index contributed by atoms with van der Waals surface area (Å²) in [6.45, 7) is 4.07. The Hall–Kier alpha value is -3.61. The Bertz CT molecular complexity index is 1150. The van der Waals surface area contributed by atoms with Crippen LogP contribution in [0, 0.1) is 5.92 Å². The lowest BCUT2D eigenvalue weighted by Crippen LogP contribution is -2.39. The zero-order valence-corrected chi connectivity index (χ0v) is 19.7. The molecule has 34 heavy (non-hydrogen) atoms. The molecule has 2 atom stereocenters. The van der Waals surface area contributed by atoms with Crippen LogP contribution in [0.3, 0.4) is 0 Å². The first-order valence-corrected chi connectivity index (χ1v) is 11.5. The number of phenols is 1. The molecule has 2 aliphatic rings. The fourth-order valence-corrected chi connectivity index (χ4v) is 4.69. The van der Waals surface area contributed by atoms with Gasteiger partial charge in [0.05, 0.1) is 25.2 Å². The molecule has 2 aromatic rings. The smallest absolute Gasteiger partial charge is 0.336 e. The first-order valence-electron chi connectivity index (χ1n) is 11.5. The number of methoxy groups -OCH3 is 1. The summed E-state index contributed by atoms with van der Waals surface area (Å²) in [4.78, 5) is 31.1. The number of allylic oxidation sites excluding steroid dienone is 1. The maximum Gasteiger partial charge on any atom is 0.336 e. The molecular formula is C27H29NO6. The number of aliphatic imine (C=N–C) groups is 1. The van der Waals surface area contributed by atoms with Gasteiger partial charge in [0.1, 0.15) is 18.1 Å². The molecule has 7 heteroatoms. The van der Waals surface area contributed by atoms with E-state index < -0.39 is 17.8 Å². The number of aromatic hydroxyl groups is 1. The fraction of sp³-hybridized carbons (Fsp3) is 0.370. The summed E-state index contributed by atoms with van der Waals surface area (Å²) >= 11 is 0. The van der Waals surface area contributed by atoms with Crippen LogP contribution in [-0.4, -0.2) is 36.3 Å². The van der Waals surface area contributed by atoms with Crippen molar-refractivity contribution in [1.29, 1.82) is 0 Å². The van der Waals surface area contributed by atoms with Crippen LogP contribution in [0.25, 0.3) is 0 Å². The van der Waals surface area contributed by atoms with Gasteiger partial charge in [-0.25, -0.2) is 4.79 Å². The molecule has 0 amide bonds. The molecular weight excluding hydrogens is 434 g/mol. The number of nitrogens with zero attached hydrogens (tertiary/aromatic N) is 1. The van der Waals surface area contributed by atoms with Crippen molar-refractivity contribution in [3.63, 3.8) is 0 Å². The largest absolute Gasteiger partial charge is 0.504 e. The summed E-state index contributed by atoms with van der Waals surface area (Å²) in [6, 6.07) is 12.3. The zero-order valence-electron chi connectivity index (χ0n) is 19.7.